The van der Waals surface area contributed by atoms with Gasteiger partial charge < -0.3 is 15.2 Å². The van der Waals surface area contributed by atoms with Crippen molar-refractivity contribution in [2.45, 2.75) is 26.2 Å². The summed E-state index contributed by atoms with van der Waals surface area (Å²) in [5, 5.41) is 11.9. The molecule has 0 saturated heterocycles. The zero-order valence-electron chi connectivity index (χ0n) is 9.78. The van der Waals surface area contributed by atoms with Gasteiger partial charge in [-0.05, 0) is 32.3 Å². The monoisotopic (exact) mass is 224 g/mol. The summed E-state index contributed by atoms with van der Waals surface area (Å²) >= 11 is 0. The Bertz CT molecular complexity index is 275. The molecule has 0 amide bonds. The van der Waals surface area contributed by atoms with E-state index in [4.69, 9.17) is 9.84 Å². The molecule has 0 aliphatic heterocycles. The number of hydrogen-bond acceptors (Lipinski definition) is 4. The third-order valence-corrected chi connectivity index (χ3v) is 2.19. The molecule has 0 saturated carbocycles. The van der Waals surface area contributed by atoms with Gasteiger partial charge in [-0.2, -0.15) is 0 Å². The Hall–Kier alpha value is -1.29. The molecule has 0 aliphatic carbocycles. The maximum atomic E-state index is 8.62. The van der Waals surface area contributed by atoms with Gasteiger partial charge in [-0.15, -0.1) is 0 Å². The van der Waals surface area contributed by atoms with E-state index in [0.29, 0.717) is 12.5 Å². The third-order valence-electron chi connectivity index (χ3n) is 2.19. The lowest BCUT2D eigenvalue weighted by Gasteiger charge is -2.06. The van der Waals surface area contributed by atoms with Crippen molar-refractivity contribution in [3.8, 4) is 5.88 Å². The number of unbranched alkanes of at least 4 members (excludes halogenated alkanes) is 2. The van der Waals surface area contributed by atoms with Gasteiger partial charge in [0.2, 0.25) is 5.88 Å². The van der Waals surface area contributed by atoms with Crippen molar-refractivity contribution in [2.75, 3.05) is 25.1 Å². The van der Waals surface area contributed by atoms with Crippen molar-refractivity contribution >= 4 is 5.69 Å². The Morgan fingerprint density at radius 2 is 2.19 bits per heavy atom. The minimum absolute atomic E-state index is 0.282. The van der Waals surface area contributed by atoms with E-state index in [9.17, 15) is 0 Å². The molecule has 1 aromatic heterocycles. The van der Waals surface area contributed by atoms with Crippen molar-refractivity contribution in [1.82, 2.24) is 4.98 Å². The van der Waals surface area contributed by atoms with E-state index in [-0.39, 0.29) is 6.61 Å². The van der Waals surface area contributed by atoms with Crippen LogP contribution in [0.25, 0.3) is 0 Å². The van der Waals surface area contributed by atoms with Crippen molar-refractivity contribution in [3.05, 3.63) is 18.3 Å². The van der Waals surface area contributed by atoms with Gasteiger partial charge in [0.25, 0.3) is 0 Å². The molecule has 0 fully saturated rings. The number of pyridine rings is 1. The molecule has 0 spiro atoms. The topological polar surface area (TPSA) is 54.4 Å². The van der Waals surface area contributed by atoms with E-state index in [1.54, 1.807) is 6.20 Å². The molecule has 1 aromatic rings. The van der Waals surface area contributed by atoms with Crippen LogP contribution in [0.4, 0.5) is 5.69 Å². The Labute approximate surface area is 96.7 Å². The highest BCUT2D eigenvalue weighted by atomic mass is 16.5. The zero-order valence-corrected chi connectivity index (χ0v) is 9.78. The molecule has 1 heterocycles. The number of aromatic nitrogens is 1. The fourth-order valence-electron chi connectivity index (χ4n) is 1.36. The van der Waals surface area contributed by atoms with Gasteiger partial charge in [-0.3, -0.25) is 0 Å². The van der Waals surface area contributed by atoms with E-state index in [1.807, 2.05) is 19.1 Å². The van der Waals surface area contributed by atoms with Crippen LogP contribution >= 0.6 is 0 Å². The fraction of sp³-hybridized carbons (Fsp3) is 0.583. The van der Waals surface area contributed by atoms with E-state index >= 15 is 0 Å². The molecule has 16 heavy (non-hydrogen) atoms. The van der Waals surface area contributed by atoms with Crippen molar-refractivity contribution < 1.29 is 9.84 Å². The normalized spacial score (nSPS) is 10.1. The van der Waals surface area contributed by atoms with Gasteiger partial charge in [0, 0.05) is 19.2 Å². The molecule has 90 valence electrons. The quantitative estimate of drug-likeness (QED) is 0.664. The molecule has 0 aromatic carbocycles. The van der Waals surface area contributed by atoms with Crippen LogP contribution in [0.3, 0.4) is 0 Å². The number of nitrogens with zero attached hydrogens (tertiary/aromatic N) is 1. The van der Waals surface area contributed by atoms with Crippen LogP contribution in [-0.2, 0) is 0 Å². The molecule has 4 heteroatoms. The molecule has 0 unspecified atom stereocenters. The summed E-state index contributed by atoms with van der Waals surface area (Å²) in [6.45, 7) is 3.77. The second-order valence-corrected chi connectivity index (χ2v) is 3.53. The van der Waals surface area contributed by atoms with Crippen LogP contribution in [0, 0.1) is 0 Å². The van der Waals surface area contributed by atoms with Gasteiger partial charge in [0.1, 0.15) is 0 Å². The summed E-state index contributed by atoms with van der Waals surface area (Å²) in [6, 6.07) is 3.82. The van der Waals surface area contributed by atoms with Crippen LogP contribution < -0.4 is 10.1 Å². The SMILES string of the molecule is CCOc1ccc(NCCCCCO)cn1. The average Bonchev–Trinajstić information content (AvgIpc) is 2.31. The van der Waals surface area contributed by atoms with Gasteiger partial charge in [-0.25, -0.2) is 4.98 Å². The largest absolute Gasteiger partial charge is 0.478 e. The number of nitrogens with one attached hydrogen (secondary N) is 1. The van der Waals surface area contributed by atoms with Crippen LogP contribution in [0.2, 0.25) is 0 Å². The smallest absolute Gasteiger partial charge is 0.213 e. The van der Waals surface area contributed by atoms with Crippen molar-refractivity contribution in [1.29, 1.82) is 0 Å². The summed E-state index contributed by atoms with van der Waals surface area (Å²) in [6.07, 6.45) is 4.77. The van der Waals surface area contributed by atoms with Gasteiger partial charge in [0.15, 0.2) is 0 Å². The first-order valence-corrected chi connectivity index (χ1v) is 5.80. The summed E-state index contributed by atoms with van der Waals surface area (Å²) < 4.78 is 5.25. The maximum Gasteiger partial charge on any atom is 0.213 e. The van der Waals surface area contributed by atoms with Crippen LogP contribution in [0.5, 0.6) is 5.88 Å². The number of anilines is 1. The predicted octanol–water partition coefficient (Wildman–Crippen LogP) is 2.05. The number of ether oxygens (including phenoxy) is 1. The highest BCUT2D eigenvalue weighted by molar-refractivity contribution is 5.41. The van der Waals surface area contributed by atoms with Crippen LogP contribution in [0.15, 0.2) is 18.3 Å². The van der Waals surface area contributed by atoms with Crippen molar-refractivity contribution in [2.24, 2.45) is 0 Å². The first-order valence-electron chi connectivity index (χ1n) is 5.80. The highest BCUT2D eigenvalue weighted by Crippen LogP contribution is 2.11. The van der Waals surface area contributed by atoms with Gasteiger partial charge in [0.05, 0.1) is 18.5 Å². The Morgan fingerprint density at radius 3 is 2.81 bits per heavy atom. The second kappa shape index (κ2) is 7.93. The number of hydrogen-bond donors (Lipinski definition) is 2. The molecule has 0 radical (unpaired) electrons. The Morgan fingerprint density at radius 1 is 1.31 bits per heavy atom. The molecular weight excluding hydrogens is 204 g/mol. The number of aliphatic hydroxyl groups is 1. The summed E-state index contributed by atoms with van der Waals surface area (Å²) in [5.74, 6) is 0.660. The van der Waals surface area contributed by atoms with E-state index in [1.165, 1.54) is 0 Å². The van der Waals surface area contributed by atoms with E-state index < -0.39 is 0 Å². The highest BCUT2D eigenvalue weighted by Gasteiger charge is 1.95. The average molecular weight is 224 g/mol. The third kappa shape index (κ3) is 4.98. The lowest BCUT2D eigenvalue weighted by atomic mass is 10.2. The Kier molecular flexibility index (Phi) is 6.33. The lowest BCUT2D eigenvalue weighted by Crippen LogP contribution is -2.02. The van der Waals surface area contributed by atoms with Gasteiger partial charge >= 0.3 is 0 Å². The minimum atomic E-state index is 0.282. The second-order valence-electron chi connectivity index (χ2n) is 3.53. The lowest BCUT2D eigenvalue weighted by molar-refractivity contribution is 0.283. The number of rotatable bonds is 8. The molecule has 0 bridgehead atoms. The van der Waals surface area contributed by atoms with E-state index in [0.717, 1.165) is 31.5 Å². The molecule has 4 nitrogen and oxygen atoms in total. The first-order chi connectivity index (χ1) is 7.86. The van der Waals surface area contributed by atoms with Crippen LogP contribution in [-0.4, -0.2) is 29.8 Å². The molecule has 2 N–H and O–H groups in total. The summed E-state index contributed by atoms with van der Waals surface area (Å²) in [5.41, 5.74) is 1.01. The first kappa shape index (κ1) is 12.8. The minimum Gasteiger partial charge on any atom is -0.478 e. The predicted molar refractivity (Wildman–Crippen MR) is 64.8 cm³/mol. The molecule has 0 atom stereocenters. The number of aliphatic hydroxyl groups excluding tert-OH is 1. The fourth-order valence-corrected chi connectivity index (χ4v) is 1.36. The summed E-state index contributed by atoms with van der Waals surface area (Å²) in [7, 11) is 0. The molecular formula is C12H20N2O2. The van der Waals surface area contributed by atoms with Gasteiger partial charge in [-0.1, -0.05) is 0 Å². The molecule has 0 aliphatic rings. The Balaban J connectivity index is 2.21. The van der Waals surface area contributed by atoms with Crippen molar-refractivity contribution in [3.63, 3.8) is 0 Å². The van der Waals surface area contributed by atoms with Crippen LogP contribution in [0.1, 0.15) is 26.2 Å². The van der Waals surface area contributed by atoms with E-state index in [2.05, 4.69) is 10.3 Å². The standard InChI is InChI=1S/C12H20N2O2/c1-2-16-12-7-6-11(10-14-12)13-8-4-3-5-9-15/h6-7,10,13,15H,2-5,8-9H2,1H3. The molecule has 1 rings (SSSR count). The summed E-state index contributed by atoms with van der Waals surface area (Å²) in [4.78, 5) is 4.16. The maximum absolute atomic E-state index is 8.62. The zero-order chi connectivity index (χ0) is 11.6.